The van der Waals surface area contributed by atoms with Gasteiger partial charge in [0, 0.05) is 0 Å². The minimum absolute atomic E-state index is 0.441. The minimum atomic E-state index is -0.586. The lowest BCUT2D eigenvalue weighted by atomic mass is 10.0. The summed E-state index contributed by atoms with van der Waals surface area (Å²) < 4.78 is 4.90. The van der Waals surface area contributed by atoms with E-state index in [2.05, 4.69) is 0 Å². The van der Waals surface area contributed by atoms with Gasteiger partial charge in [-0.05, 0) is 36.8 Å². The van der Waals surface area contributed by atoms with Crippen molar-refractivity contribution in [1.29, 1.82) is 0 Å². The fourth-order valence-corrected chi connectivity index (χ4v) is 2.32. The Labute approximate surface area is 109 Å². The average Bonchev–Trinajstić information content (AvgIpc) is 2.47. The maximum Gasteiger partial charge on any atom is 0.346 e. The molecule has 0 aliphatic rings. The van der Waals surface area contributed by atoms with Gasteiger partial charge in [0.2, 0.25) is 0 Å². The van der Waals surface area contributed by atoms with Gasteiger partial charge in [-0.3, -0.25) is 0 Å². The zero-order valence-electron chi connectivity index (χ0n) is 10.7. The lowest BCUT2D eigenvalue weighted by Crippen LogP contribution is -2.04. The fraction of sp³-hybridized carbons (Fsp3) is 0.125. The van der Waals surface area contributed by atoms with E-state index in [1.807, 2.05) is 38.1 Å². The largest absolute Gasteiger partial charge is 0.386 e. The molecule has 0 saturated carbocycles. The summed E-state index contributed by atoms with van der Waals surface area (Å²) in [7, 11) is 0. The van der Waals surface area contributed by atoms with Crippen LogP contribution in [0.2, 0.25) is 0 Å². The van der Waals surface area contributed by atoms with Crippen molar-refractivity contribution >= 4 is 21.5 Å². The topological polar surface area (TPSA) is 47.3 Å². The van der Waals surface area contributed by atoms with Gasteiger partial charge in [0.15, 0.2) is 0 Å². The summed E-state index contributed by atoms with van der Waals surface area (Å²) in [4.78, 5) is 24.0. The first-order chi connectivity index (χ1) is 9.06. The van der Waals surface area contributed by atoms with Crippen LogP contribution in [-0.4, -0.2) is 0 Å². The molecule has 1 aromatic heterocycles. The molecule has 0 N–H and O–H groups in total. The first-order valence-corrected chi connectivity index (χ1v) is 6.04. The van der Waals surface area contributed by atoms with E-state index < -0.39 is 11.3 Å². The molecule has 3 heteroatoms. The van der Waals surface area contributed by atoms with Crippen molar-refractivity contribution in [3.05, 3.63) is 68.4 Å². The number of hydrogen-bond donors (Lipinski definition) is 0. The first-order valence-electron chi connectivity index (χ1n) is 6.04. The Kier molecular flexibility index (Phi) is 2.49. The van der Waals surface area contributed by atoms with Crippen LogP contribution >= 0.6 is 0 Å². The lowest BCUT2D eigenvalue weighted by molar-refractivity contribution is 0.491. The molecule has 3 nitrogen and oxygen atoms in total. The second-order valence-electron chi connectivity index (χ2n) is 4.78. The Morgan fingerprint density at radius 1 is 0.684 bits per heavy atom. The number of fused-ring (bicyclic) bond motifs is 3. The van der Waals surface area contributed by atoms with Crippen LogP contribution in [0.5, 0.6) is 0 Å². The van der Waals surface area contributed by atoms with Gasteiger partial charge in [-0.15, -0.1) is 0 Å². The number of aryl methyl sites for hydroxylation is 2. The normalized spacial score (nSPS) is 11.1. The molecule has 1 heterocycles. The van der Waals surface area contributed by atoms with Crippen LogP contribution < -0.4 is 11.3 Å². The van der Waals surface area contributed by atoms with Crippen molar-refractivity contribution in [2.24, 2.45) is 0 Å². The SMILES string of the molecule is Cc1ccc2c(c1)c(=O)oc(=O)c1cc(C)ccc12. The van der Waals surface area contributed by atoms with E-state index in [1.165, 1.54) is 0 Å². The molecule has 0 fully saturated rings. The second kappa shape index (κ2) is 4.05. The number of hydrogen-bond acceptors (Lipinski definition) is 3. The molecular weight excluding hydrogens is 240 g/mol. The molecule has 0 unspecified atom stereocenters. The van der Waals surface area contributed by atoms with Crippen LogP contribution in [0.3, 0.4) is 0 Å². The fourth-order valence-electron chi connectivity index (χ4n) is 2.32. The molecule has 0 radical (unpaired) electrons. The number of benzene rings is 2. The van der Waals surface area contributed by atoms with Crippen molar-refractivity contribution in [2.45, 2.75) is 13.8 Å². The highest BCUT2D eigenvalue weighted by Crippen LogP contribution is 2.21. The summed E-state index contributed by atoms with van der Waals surface area (Å²) in [5.74, 6) is 0. The van der Waals surface area contributed by atoms with Crippen LogP contribution in [0, 0.1) is 13.8 Å². The van der Waals surface area contributed by atoms with Crippen LogP contribution in [0.4, 0.5) is 0 Å². The van der Waals surface area contributed by atoms with Crippen molar-refractivity contribution in [3.8, 4) is 0 Å². The van der Waals surface area contributed by atoms with Crippen LogP contribution in [-0.2, 0) is 0 Å². The van der Waals surface area contributed by atoms with Crippen LogP contribution in [0.25, 0.3) is 21.5 Å². The van der Waals surface area contributed by atoms with E-state index in [-0.39, 0.29) is 0 Å². The monoisotopic (exact) mass is 252 g/mol. The third-order valence-corrected chi connectivity index (χ3v) is 3.27. The molecule has 0 amide bonds. The molecular formula is C16H12O3. The maximum absolute atomic E-state index is 12.0. The Morgan fingerprint density at radius 3 is 1.53 bits per heavy atom. The first kappa shape index (κ1) is 11.7. The smallest absolute Gasteiger partial charge is 0.346 e. The van der Waals surface area contributed by atoms with Gasteiger partial charge in [0.05, 0.1) is 10.8 Å². The molecule has 0 bridgehead atoms. The molecule has 0 saturated heterocycles. The van der Waals surface area contributed by atoms with Gasteiger partial charge in [0.25, 0.3) is 0 Å². The molecule has 0 aliphatic heterocycles. The summed E-state index contributed by atoms with van der Waals surface area (Å²) in [6.45, 7) is 3.80. The molecule has 0 aliphatic carbocycles. The van der Waals surface area contributed by atoms with Crippen molar-refractivity contribution in [3.63, 3.8) is 0 Å². The predicted molar refractivity (Wildman–Crippen MR) is 75.7 cm³/mol. The summed E-state index contributed by atoms with van der Waals surface area (Å²) in [5.41, 5.74) is 0.743. The van der Waals surface area contributed by atoms with Gasteiger partial charge in [-0.2, -0.15) is 0 Å². The molecule has 94 valence electrons. The van der Waals surface area contributed by atoms with E-state index in [0.29, 0.717) is 10.8 Å². The van der Waals surface area contributed by atoms with Gasteiger partial charge in [-0.25, -0.2) is 9.59 Å². The summed E-state index contributed by atoms with van der Waals surface area (Å²) in [6, 6.07) is 11.1. The van der Waals surface area contributed by atoms with Crippen LogP contribution in [0.1, 0.15) is 11.1 Å². The quantitative estimate of drug-likeness (QED) is 0.618. The molecule has 19 heavy (non-hydrogen) atoms. The second-order valence-corrected chi connectivity index (χ2v) is 4.78. The third-order valence-electron chi connectivity index (χ3n) is 3.27. The summed E-state index contributed by atoms with van der Waals surface area (Å²) >= 11 is 0. The Morgan fingerprint density at radius 2 is 1.11 bits per heavy atom. The highest BCUT2D eigenvalue weighted by Gasteiger charge is 2.07. The molecule has 0 atom stereocenters. The average molecular weight is 252 g/mol. The van der Waals surface area contributed by atoms with E-state index in [9.17, 15) is 9.59 Å². The molecule has 3 rings (SSSR count). The standard InChI is InChI=1S/C16H12O3/c1-9-3-5-11-12-6-4-10(2)8-14(12)16(18)19-15(17)13(11)7-9/h3-8H,1-2H3. The van der Waals surface area contributed by atoms with E-state index >= 15 is 0 Å². The molecule has 3 aromatic rings. The Balaban J connectivity index is 2.75. The highest BCUT2D eigenvalue weighted by molar-refractivity contribution is 6.05. The maximum atomic E-state index is 12.0. The van der Waals surface area contributed by atoms with Gasteiger partial charge >= 0.3 is 11.3 Å². The van der Waals surface area contributed by atoms with Crippen molar-refractivity contribution < 1.29 is 4.42 Å². The Hall–Kier alpha value is -2.42. The minimum Gasteiger partial charge on any atom is -0.386 e. The lowest BCUT2D eigenvalue weighted by Gasteiger charge is -1.98. The van der Waals surface area contributed by atoms with Gasteiger partial charge in [-0.1, -0.05) is 35.4 Å². The van der Waals surface area contributed by atoms with E-state index in [1.54, 1.807) is 12.1 Å². The summed E-state index contributed by atoms with van der Waals surface area (Å²) in [6.07, 6.45) is 0. The Bertz CT molecular complexity index is 845. The van der Waals surface area contributed by atoms with Gasteiger partial charge in [0.1, 0.15) is 0 Å². The van der Waals surface area contributed by atoms with Crippen molar-refractivity contribution in [1.82, 2.24) is 0 Å². The van der Waals surface area contributed by atoms with Gasteiger partial charge < -0.3 is 4.42 Å². The zero-order valence-corrected chi connectivity index (χ0v) is 10.7. The molecule has 2 aromatic carbocycles. The highest BCUT2D eigenvalue weighted by atomic mass is 16.4. The van der Waals surface area contributed by atoms with Crippen molar-refractivity contribution in [2.75, 3.05) is 0 Å². The van der Waals surface area contributed by atoms with E-state index in [4.69, 9.17) is 4.42 Å². The zero-order chi connectivity index (χ0) is 13.6. The third kappa shape index (κ3) is 1.83. The van der Waals surface area contributed by atoms with E-state index in [0.717, 1.165) is 21.9 Å². The molecule has 0 spiro atoms. The van der Waals surface area contributed by atoms with Crippen LogP contribution in [0.15, 0.2) is 50.4 Å². The summed E-state index contributed by atoms with van der Waals surface area (Å²) in [5, 5.41) is 2.37. The number of rotatable bonds is 0. The predicted octanol–water partition coefficient (Wildman–Crippen LogP) is 2.92.